The Morgan fingerprint density at radius 3 is 2.09 bits per heavy atom. The van der Waals surface area contributed by atoms with E-state index in [-0.39, 0.29) is 11.9 Å². The van der Waals surface area contributed by atoms with Crippen LogP contribution >= 0.6 is 0 Å². The third kappa shape index (κ3) is 5.83. The maximum absolute atomic E-state index is 12.4. The summed E-state index contributed by atoms with van der Waals surface area (Å²) in [6, 6.07) is -0.576. The first-order valence-electron chi connectivity index (χ1n) is 7.80. The SMILES string of the molecule is CNC[C@H]1C[C@@H](C(=O)OC(C)(C)C)N(C(=O)OC(C)(C)C)C1. The maximum Gasteiger partial charge on any atom is 0.411 e. The highest BCUT2D eigenvalue weighted by Crippen LogP contribution is 2.27. The third-order valence-corrected chi connectivity index (χ3v) is 3.19. The Morgan fingerprint density at radius 2 is 1.64 bits per heavy atom. The minimum absolute atomic E-state index is 0.218. The number of nitrogens with zero attached hydrogens (tertiary/aromatic N) is 1. The van der Waals surface area contributed by atoms with E-state index in [1.54, 1.807) is 0 Å². The predicted octanol–water partition coefficient (Wildman–Crippen LogP) is 2.17. The Labute approximate surface area is 133 Å². The van der Waals surface area contributed by atoms with Gasteiger partial charge in [-0.05, 0) is 67.5 Å². The van der Waals surface area contributed by atoms with E-state index in [1.165, 1.54) is 4.90 Å². The van der Waals surface area contributed by atoms with Crippen molar-refractivity contribution in [3.63, 3.8) is 0 Å². The van der Waals surface area contributed by atoms with Gasteiger partial charge in [-0.15, -0.1) is 0 Å². The van der Waals surface area contributed by atoms with E-state index in [2.05, 4.69) is 5.32 Å². The molecular formula is C16H30N2O4. The molecule has 2 atom stereocenters. The monoisotopic (exact) mass is 314 g/mol. The van der Waals surface area contributed by atoms with Crippen molar-refractivity contribution in [3.05, 3.63) is 0 Å². The molecule has 6 heteroatoms. The van der Waals surface area contributed by atoms with Gasteiger partial charge >= 0.3 is 12.1 Å². The molecule has 1 heterocycles. The standard InChI is InChI=1S/C16H30N2O4/c1-15(2,3)21-13(19)12-8-11(9-17-7)10-18(12)14(20)22-16(4,5)6/h11-12,17H,8-10H2,1-7H3/t11-,12+/m1/s1. The molecule has 0 spiro atoms. The molecule has 0 radical (unpaired) electrons. The summed E-state index contributed by atoms with van der Waals surface area (Å²) >= 11 is 0. The number of ether oxygens (including phenoxy) is 2. The fourth-order valence-corrected chi connectivity index (χ4v) is 2.48. The Kier molecular flexibility index (Phi) is 5.84. The van der Waals surface area contributed by atoms with E-state index in [9.17, 15) is 9.59 Å². The third-order valence-electron chi connectivity index (χ3n) is 3.19. The van der Waals surface area contributed by atoms with Crippen LogP contribution in [0, 0.1) is 5.92 Å². The smallest absolute Gasteiger partial charge is 0.411 e. The molecule has 0 aromatic carbocycles. The van der Waals surface area contributed by atoms with Crippen LogP contribution in [-0.4, -0.2) is 54.3 Å². The van der Waals surface area contributed by atoms with E-state index in [1.807, 2.05) is 48.6 Å². The molecule has 6 nitrogen and oxygen atoms in total. The molecule has 1 amide bonds. The van der Waals surface area contributed by atoms with Crippen LogP contribution < -0.4 is 5.32 Å². The number of carbonyl (C=O) groups excluding carboxylic acids is 2. The Bertz CT molecular complexity index is 373. The van der Waals surface area contributed by atoms with Gasteiger partial charge in [-0.25, -0.2) is 9.59 Å². The van der Waals surface area contributed by atoms with E-state index in [4.69, 9.17) is 9.47 Å². The average Bonchev–Trinajstić information content (AvgIpc) is 2.69. The summed E-state index contributed by atoms with van der Waals surface area (Å²) in [6.45, 7) is 12.2. The fraction of sp³-hybridized carbons (Fsp3) is 0.875. The number of carbonyl (C=O) groups is 2. The highest BCUT2D eigenvalue weighted by molar-refractivity contribution is 5.82. The Hall–Kier alpha value is -1.30. The molecule has 1 aliphatic rings. The van der Waals surface area contributed by atoms with Crippen molar-refractivity contribution in [1.82, 2.24) is 10.2 Å². The summed E-state index contributed by atoms with van der Waals surface area (Å²) < 4.78 is 10.9. The van der Waals surface area contributed by atoms with Crippen molar-refractivity contribution in [2.45, 2.75) is 65.2 Å². The lowest BCUT2D eigenvalue weighted by Gasteiger charge is -2.29. The van der Waals surface area contributed by atoms with Gasteiger partial charge in [0, 0.05) is 6.54 Å². The molecule has 0 aliphatic carbocycles. The van der Waals surface area contributed by atoms with Crippen molar-refractivity contribution in [3.8, 4) is 0 Å². The first kappa shape index (κ1) is 18.7. The van der Waals surface area contributed by atoms with Crippen LogP contribution in [0.1, 0.15) is 48.0 Å². The van der Waals surface area contributed by atoms with Gasteiger partial charge < -0.3 is 14.8 Å². The van der Waals surface area contributed by atoms with Crippen molar-refractivity contribution in [2.75, 3.05) is 20.1 Å². The molecule has 0 saturated carbocycles. The summed E-state index contributed by atoms with van der Waals surface area (Å²) in [5.74, 6) is -0.146. The number of rotatable bonds is 3. The maximum atomic E-state index is 12.4. The van der Waals surface area contributed by atoms with E-state index >= 15 is 0 Å². The summed E-state index contributed by atoms with van der Waals surface area (Å²) in [7, 11) is 1.86. The Balaban J connectivity index is 2.85. The van der Waals surface area contributed by atoms with E-state index < -0.39 is 23.3 Å². The zero-order chi connectivity index (χ0) is 17.1. The van der Waals surface area contributed by atoms with Gasteiger partial charge in [-0.3, -0.25) is 4.90 Å². The lowest BCUT2D eigenvalue weighted by Crippen LogP contribution is -2.45. The van der Waals surface area contributed by atoms with Crippen molar-refractivity contribution in [1.29, 1.82) is 0 Å². The van der Waals surface area contributed by atoms with E-state index in [0.717, 1.165) is 6.54 Å². The lowest BCUT2D eigenvalue weighted by atomic mass is 10.1. The van der Waals surface area contributed by atoms with E-state index in [0.29, 0.717) is 13.0 Å². The molecule has 1 rings (SSSR count). The number of nitrogens with one attached hydrogen (secondary N) is 1. The van der Waals surface area contributed by atoms with Crippen LogP contribution in [0.2, 0.25) is 0 Å². The largest absolute Gasteiger partial charge is 0.458 e. The molecule has 1 saturated heterocycles. The van der Waals surface area contributed by atoms with Gasteiger partial charge in [0.1, 0.15) is 17.2 Å². The summed E-state index contributed by atoms with van der Waals surface area (Å²) in [4.78, 5) is 26.3. The zero-order valence-electron chi connectivity index (χ0n) is 14.9. The first-order chi connectivity index (χ1) is 9.93. The van der Waals surface area contributed by atoms with Crippen LogP contribution in [-0.2, 0) is 14.3 Å². The van der Waals surface area contributed by atoms with Crippen LogP contribution in [0.5, 0.6) is 0 Å². The molecule has 1 aliphatic heterocycles. The summed E-state index contributed by atoms with van der Waals surface area (Å²) in [5.41, 5.74) is -1.16. The van der Waals surface area contributed by atoms with Crippen LogP contribution in [0.15, 0.2) is 0 Å². The first-order valence-corrected chi connectivity index (χ1v) is 7.80. The van der Waals surface area contributed by atoms with Crippen molar-refractivity contribution < 1.29 is 19.1 Å². The lowest BCUT2D eigenvalue weighted by molar-refractivity contribution is -0.160. The zero-order valence-corrected chi connectivity index (χ0v) is 14.9. The molecule has 1 N–H and O–H groups in total. The van der Waals surface area contributed by atoms with Crippen LogP contribution in [0.3, 0.4) is 0 Å². The summed E-state index contributed by atoms with van der Waals surface area (Å²) in [6.07, 6.45) is 0.136. The van der Waals surface area contributed by atoms with Gasteiger partial charge in [0.15, 0.2) is 0 Å². The molecule has 1 fully saturated rings. The molecule has 128 valence electrons. The summed E-state index contributed by atoms with van der Waals surface area (Å²) in [5, 5.41) is 3.09. The molecule has 0 unspecified atom stereocenters. The number of likely N-dealkylation sites (tertiary alicyclic amines) is 1. The fourth-order valence-electron chi connectivity index (χ4n) is 2.48. The quantitative estimate of drug-likeness (QED) is 0.809. The van der Waals surface area contributed by atoms with Gasteiger partial charge in [0.05, 0.1) is 0 Å². The second-order valence-corrected chi connectivity index (χ2v) is 7.84. The minimum atomic E-state index is -0.587. The molecule has 0 aromatic rings. The van der Waals surface area contributed by atoms with Gasteiger partial charge in [-0.2, -0.15) is 0 Å². The van der Waals surface area contributed by atoms with Gasteiger partial charge in [0.2, 0.25) is 0 Å². The highest BCUT2D eigenvalue weighted by atomic mass is 16.6. The van der Waals surface area contributed by atoms with Gasteiger partial charge in [0.25, 0.3) is 0 Å². The van der Waals surface area contributed by atoms with Crippen LogP contribution in [0.25, 0.3) is 0 Å². The van der Waals surface area contributed by atoms with Crippen molar-refractivity contribution in [2.24, 2.45) is 5.92 Å². The average molecular weight is 314 g/mol. The molecular weight excluding hydrogens is 284 g/mol. The number of hydrogen-bond acceptors (Lipinski definition) is 5. The normalized spacial score (nSPS) is 22.6. The van der Waals surface area contributed by atoms with Crippen molar-refractivity contribution >= 4 is 12.1 Å². The minimum Gasteiger partial charge on any atom is -0.458 e. The Morgan fingerprint density at radius 1 is 1.09 bits per heavy atom. The predicted molar refractivity (Wildman–Crippen MR) is 84.6 cm³/mol. The van der Waals surface area contributed by atoms with Crippen LogP contribution in [0.4, 0.5) is 4.79 Å². The topological polar surface area (TPSA) is 67.9 Å². The van der Waals surface area contributed by atoms with Gasteiger partial charge in [-0.1, -0.05) is 0 Å². The number of esters is 1. The number of hydrogen-bond donors (Lipinski definition) is 1. The molecule has 22 heavy (non-hydrogen) atoms. The second-order valence-electron chi connectivity index (χ2n) is 7.84. The second kappa shape index (κ2) is 6.86. The number of amides is 1. The molecule has 0 bridgehead atoms. The highest BCUT2D eigenvalue weighted by Gasteiger charge is 2.43. The molecule has 0 aromatic heterocycles.